The van der Waals surface area contributed by atoms with Gasteiger partial charge in [0.2, 0.25) is 5.39 Å². The van der Waals surface area contributed by atoms with Crippen LogP contribution in [0.25, 0.3) is 4.98 Å². The van der Waals surface area contributed by atoms with Crippen molar-refractivity contribution in [2.24, 2.45) is 0 Å². The molecular weight excluding hydrogens is 132 g/mol. The zero-order valence-electron chi connectivity index (χ0n) is 5.69. The molecule has 0 rings (SSSR count). The van der Waals surface area contributed by atoms with Gasteiger partial charge in [-0.25, -0.2) is 0 Å². The molecule has 4 nitrogen and oxygen atoms in total. The molecule has 0 aliphatic rings. The molecule has 0 aliphatic heterocycles. The molecule has 54 valence electrons. The topological polar surface area (TPSA) is 57.6 Å². The van der Waals surface area contributed by atoms with E-state index >= 15 is 0 Å². The number of diazo groups is 1. The third kappa shape index (κ3) is 4.65. The van der Waals surface area contributed by atoms with Gasteiger partial charge in [0.1, 0.15) is 6.61 Å². The quantitative estimate of drug-likeness (QED) is 0.370. The minimum atomic E-state index is -0.402. The zero-order chi connectivity index (χ0) is 7.82. The molecular formula is C6H9N2O2+. The van der Waals surface area contributed by atoms with Crippen LogP contribution in [0.15, 0.2) is 24.3 Å². The number of rotatable bonds is 3. The summed E-state index contributed by atoms with van der Waals surface area (Å²) in [6, 6.07) is 0. The van der Waals surface area contributed by atoms with Crippen molar-refractivity contribution in [1.29, 1.82) is 5.39 Å². The minimum Gasteiger partial charge on any atom is -0.476 e. The van der Waals surface area contributed by atoms with E-state index in [-0.39, 0.29) is 6.61 Å². The predicted molar refractivity (Wildman–Crippen MR) is 36.6 cm³/mol. The molecule has 0 fully saturated rings. The lowest BCUT2D eigenvalue weighted by Crippen LogP contribution is -1.89. The maximum Gasteiger partial charge on any atom is 0.429 e. The van der Waals surface area contributed by atoms with Gasteiger partial charge in [0.05, 0.1) is 0 Å². The normalized spacial score (nSPS) is 11.4. The van der Waals surface area contributed by atoms with E-state index in [2.05, 4.69) is 9.71 Å². The second kappa shape index (κ2) is 5.63. The van der Waals surface area contributed by atoms with Crippen molar-refractivity contribution in [3.05, 3.63) is 29.3 Å². The van der Waals surface area contributed by atoms with Crippen LogP contribution in [0.4, 0.5) is 0 Å². The molecule has 4 heteroatoms. The predicted octanol–water partition coefficient (Wildman–Crippen LogP) is 1.79. The van der Waals surface area contributed by atoms with E-state index in [4.69, 9.17) is 10.5 Å². The summed E-state index contributed by atoms with van der Waals surface area (Å²) in [5.74, 6) is -0.402. The van der Waals surface area contributed by atoms with Crippen molar-refractivity contribution < 1.29 is 9.84 Å². The van der Waals surface area contributed by atoms with Gasteiger partial charge in [-0.2, -0.15) is 0 Å². The van der Waals surface area contributed by atoms with Gasteiger partial charge in [-0.3, -0.25) is 0 Å². The SMILES string of the molecule is C/C=C/CO/C(O)=C/[N+]#N. The fourth-order valence-electron chi connectivity index (χ4n) is 0.316. The van der Waals surface area contributed by atoms with Gasteiger partial charge in [0, 0.05) is 0 Å². The fraction of sp³-hybridized carbons (Fsp3) is 0.333. The van der Waals surface area contributed by atoms with Crippen molar-refractivity contribution in [2.45, 2.75) is 6.92 Å². The second-order valence-electron chi connectivity index (χ2n) is 1.46. The van der Waals surface area contributed by atoms with E-state index < -0.39 is 5.95 Å². The molecule has 0 amide bonds. The van der Waals surface area contributed by atoms with Crippen LogP contribution in [0.3, 0.4) is 0 Å². The first-order valence-electron chi connectivity index (χ1n) is 2.78. The van der Waals surface area contributed by atoms with Crippen LogP contribution < -0.4 is 0 Å². The third-order valence-corrected chi connectivity index (χ3v) is 0.731. The van der Waals surface area contributed by atoms with Gasteiger partial charge in [-0.15, -0.1) is 0 Å². The minimum absolute atomic E-state index is 0.272. The highest BCUT2D eigenvalue weighted by molar-refractivity contribution is 4.89. The van der Waals surface area contributed by atoms with Gasteiger partial charge in [0.15, 0.2) is 4.98 Å². The van der Waals surface area contributed by atoms with Gasteiger partial charge in [-0.1, -0.05) is 12.2 Å². The average Bonchev–Trinajstić information content (AvgIpc) is 1.89. The number of hydrogen-bond donors (Lipinski definition) is 1. The smallest absolute Gasteiger partial charge is 0.429 e. The Morgan fingerprint density at radius 1 is 1.80 bits per heavy atom. The molecule has 0 saturated carbocycles. The van der Waals surface area contributed by atoms with E-state index in [0.29, 0.717) is 0 Å². The third-order valence-electron chi connectivity index (χ3n) is 0.731. The summed E-state index contributed by atoms with van der Waals surface area (Å²) >= 11 is 0. The molecule has 0 aromatic carbocycles. The first-order valence-corrected chi connectivity index (χ1v) is 2.78. The summed E-state index contributed by atoms with van der Waals surface area (Å²) in [6.45, 7) is 2.11. The molecule has 0 saturated heterocycles. The van der Waals surface area contributed by atoms with Gasteiger partial charge < -0.3 is 9.84 Å². The number of nitrogens with zero attached hydrogens (tertiary/aromatic N) is 2. The second-order valence-corrected chi connectivity index (χ2v) is 1.46. The lowest BCUT2D eigenvalue weighted by atomic mass is 10.6. The number of ether oxygens (including phenoxy) is 1. The molecule has 0 radical (unpaired) electrons. The molecule has 0 aromatic heterocycles. The lowest BCUT2D eigenvalue weighted by Gasteiger charge is -1.93. The van der Waals surface area contributed by atoms with Crippen LogP contribution in [0.2, 0.25) is 0 Å². The summed E-state index contributed by atoms with van der Waals surface area (Å²) in [5, 5.41) is 16.5. The molecule has 10 heavy (non-hydrogen) atoms. The monoisotopic (exact) mass is 141 g/mol. The van der Waals surface area contributed by atoms with Crippen molar-refractivity contribution in [1.82, 2.24) is 0 Å². The van der Waals surface area contributed by atoms with Crippen LogP contribution in [0.1, 0.15) is 6.92 Å². The van der Waals surface area contributed by atoms with Gasteiger partial charge in [0.25, 0.3) is 0 Å². The highest BCUT2D eigenvalue weighted by Gasteiger charge is 1.96. The Kier molecular flexibility index (Phi) is 4.79. The van der Waals surface area contributed by atoms with Crippen LogP contribution >= 0.6 is 0 Å². The summed E-state index contributed by atoms with van der Waals surface area (Å²) in [4.78, 5) is 2.55. The molecule has 0 atom stereocenters. The van der Waals surface area contributed by atoms with Crippen molar-refractivity contribution in [3.63, 3.8) is 0 Å². The Balaban J connectivity index is 3.51. The van der Waals surface area contributed by atoms with Gasteiger partial charge >= 0.3 is 12.1 Å². The van der Waals surface area contributed by atoms with E-state index in [9.17, 15) is 0 Å². The lowest BCUT2D eigenvalue weighted by molar-refractivity contribution is 0.112. The Hall–Kier alpha value is -1.50. The summed E-state index contributed by atoms with van der Waals surface area (Å²) in [5.41, 5.74) is 0. The number of allylic oxidation sites excluding steroid dienone is 1. The molecule has 0 unspecified atom stereocenters. The number of aliphatic hydroxyl groups is 1. The number of hydrogen-bond acceptors (Lipinski definition) is 3. The first-order chi connectivity index (χ1) is 4.81. The maximum absolute atomic E-state index is 8.63. The number of aliphatic hydroxyl groups excluding tert-OH is 1. The molecule has 0 spiro atoms. The molecule has 0 aromatic rings. The summed E-state index contributed by atoms with van der Waals surface area (Å²) < 4.78 is 4.60. The Morgan fingerprint density at radius 2 is 2.50 bits per heavy atom. The van der Waals surface area contributed by atoms with Crippen molar-refractivity contribution >= 4 is 0 Å². The Labute approximate surface area is 59.1 Å². The molecule has 1 N–H and O–H groups in total. The molecule has 0 bridgehead atoms. The van der Waals surface area contributed by atoms with E-state index in [1.165, 1.54) is 0 Å². The Morgan fingerprint density at radius 3 is 3.00 bits per heavy atom. The first kappa shape index (κ1) is 8.50. The summed E-state index contributed by atoms with van der Waals surface area (Å²) in [7, 11) is 0. The molecule has 0 aliphatic carbocycles. The van der Waals surface area contributed by atoms with Crippen LogP contribution in [0.5, 0.6) is 0 Å². The van der Waals surface area contributed by atoms with E-state index in [1.54, 1.807) is 12.2 Å². The van der Waals surface area contributed by atoms with Crippen LogP contribution in [-0.4, -0.2) is 11.7 Å². The fourth-order valence-corrected chi connectivity index (χ4v) is 0.316. The Bertz CT molecular complexity index is 179. The molecule has 0 heterocycles. The average molecular weight is 141 g/mol. The highest BCUT2D eigenvalue weighted by atomic mass is 16.6. The zero-order valence-corrected chi connectivity index (χ0v) is 5.69. The van der Waals surface area contributed by atoms with E-state index in [1.807, 2.05) is 6.92 Å². The van der Waals surface area contributed by atoms with Gasteiger partial charge in [-0.05, 0) is 6.92 Å². The largest absolute Gasteiger partial charge is 0.476 e. The van der Waals surface area contributed by atoms with E-state index in [0.717, 1.165) is 6.20 Å². The van der Waals surface area contributed by atoms with Crippen molar-refractivity contribution in [3.8, 4) is 0 Å². The summed E-state index contributed by atoms with van der Waals surface area (Å²) in [6.07, 6.45) is 4.30. The van der Waals surface area contributed by atoms with Crippen LogP contribution in [0, 0.1) is 5.39 Å². The van der Waals surface area contributed by atoms with Crippen molar-refractivity contribution in [2.75, 3.05) is 6.61 Å². The highest BCUT2D eigenvalue weighted by Crippen LogP contribution is 1.91. The van der Waals surface area contributed by atoms with Crippen LogP contribution in [-0.2, 0) is 4.74 Å². The standard InChI is InChI=1S/C6H8N2O2/c1-2-3-4-10-6(9)5-8-7/h2-3,5H,4H2,1H3/p+1/b3-2+,6-5+. The maximum atomic E-state index is 8.63.